The number of aromatic nitrogens is 2. The molecule has 2 N–H and O–H groups in total. The standard InChI is InChI=1S/C19H17ClN4O2/c1-2-26-17-6-4-3-5-15(17)24-19(25)16-11-18(22-12-21-16)23-14-9-7-13(20)8-10-14/h3-12H,2H2,1H3,(H,24,25)(H,21,22,23). The van der Waals surface area contributed by atoms with Gasteiger partial charge in [0.25, 0.3) is 5.91 Å². The quantitative estimate of drug-likeness (QED) is 0.668. The van der Waals surface area contributed by atoms with Crippen molar-refractivity contribution in [2.75, 3.05) is 17.2 Å². The van der Waals surface area contributed by atoms with Crippen LogP contribution in [0.15, 0.2) is 60.9 Å². The van der Waals surface area contributed by atoms with E-state index >= 15 is 0 Å². The molecule has 1 heterocycles. The molecule has 2 aromatic carbocycles. The summed E-state index contributed by atoms with van der Waals surface area (Å²) >= 11 is 5.88. The van der Waals surface area contributed by atoms with Crippen molar-refractivity contribution in [1.82, 2.24) is 9.97 Å². The molecule has 0 aliphatic heterocycles. The SMILES string of the molecule is CCOc1ccccc1NC(=O)c1cc(Nc2ccc(Cl)cc2)ncn1. The summed E-state index contributed by atoms with van der Waals surface area (Å²) in [6.45, 7) is 2.40. The number of nitrogens with one attached hydrogen (secondary N) is 2. The Hall–Kier alpha value is -3.12. The molecule has 132 valence electrons. The van der Waals surface area contributed by atoms with Gasteiger partial charge in [0.05, 0.1) is 12.3 Å². The first kappa shape index (κ1) is 17.7. The van der Waals surface area contributed by atoms with Crippen molar-refractivity contribution in [3.8, 4) is 5.75 Å². The molecule has 1 amide bonds. The maximum absolute atomic E-state index is 12.5. The van der Waals surface area contributed by atoms with Gasteiger partial charge >= 0.3 is 0 Å². The molecule has 0 aliphatic rings. The molecule has 0 aliphatic carbocycles. The number of rotatable bonds is 6. The molecular weight excluding hydrogens is 352 g/mol. The molecular formula is C19H17ClN4O2. The molecule has 0 spiro atoms. The van der Waals surface area contributed by atoms with Crippen LogP contribution in [0.5, 0.6) is 5.75 Å². The van der Waals surface area contributed by atoms with Crippen molar-refractivity contribution in [2.45, 2.75) is 6.92 Å². The summed E-state index contributed by atoms with van der Waals surface area (Å²) in [6, 6.07) is 16.0. The number of amides is 1. The Morgan fingerprint density at radius 1 is 1.12 bits per heavy atom. The third-order valence-electron chi connectivity index (χ3n) is 3.45. The van der Waals surface area contributed by atoms with Crippen LogP contribution in [0.1, 0.15) is 17.4 Å². The highest BCUT2D eigenvalue weighted by molar-refractivity contribution is 6.30. The summed E-state index contributed by atoms with van der Waals surface area (Å²) in [7, 11) is 0. The van der Waals surface area contributed by atoms with Gasteiger partial charge in [0, 0.05) is 16.8 Å². The third-order valence-corrected chi connectivity index (χ3v) is 3.70. The Kier molecular flexibility index (Phi) is 5.66. The third kappa shape index (κ3) is 4.49. The van der Waals surface area contributed by atoms with Crippen LogP contribution in [0.3, 0.4) is 0 Å². The highest BCUT2D eigenvalue weighted by Crippen LogP contribution is 2.24. The van der Waals surface area contributed by atoms with E-state index in [0.29, 0.717) is 28.9 Å². The number of benzene rings is 2. The lowest BCUT2D eigenvalue weighted by molar-refractivity contribution is 0.102. The number of nitrogens with zero attached hydrogens (tertiary/aromatic N) is 2. The van der Waals surface area contributed by atoms with Crippen LogP contribution >= 0.6 is 11.6 Å². The van der Waals surface area contributed by atoms with Gasteiger partial charge in [0.1, 0.15) is 23.6 Å². The van der Waals surface area contributed by atoms with E-state index in [4.69, 9.17) is 16.3 Å². The maximum atomic E-state index is 12.5. The number of para-hydroxylation sites is 2. The van der Waals surface area contributed by atoms with E-state index in [1.165, 1.54) is 6.33 Å². The summed E-state index contributed by atoms with van der Waals surface area (Å²) in [5.41, 5.74) is 1.63. The van der Waals surface area contributed by atoms with Gasteiger partial charge in [-0.15, -0.1) is 0 Å². The molecule has 0 radical (unpaired) electrons. The van der Waals surface area contributed by atoms with Crippen molar-refractivity contribution >= 4 is 34.7 Å². The zero-order valence-electron chi connectivity index (χ0n) is 14.1. The van der Waals surface area contributed by atoms with Crippen LogP contribution < -0.4 is 15.4 Å². The minimum Gasteiger partial charge on any atom is -0.492 e. The Labute approximate surface area is 156 Å². The molecule has 6 nitrogen and oxygen atoms in total. The average Bonchev–Trinajstić information content (AvgIpc) is 2.66. The lowest BCUT2D eigenvalue weighted by Gasteiger charge is -2.11. The van der Waals surface area contributed by atoms with Crippen LogP contribution in [0.2, 0.25) is 5.02 Å². The molecule has 0 saturated heterocycles. The zero-order chi connectivity index (χ0) is 18.4. The highest BCUT2D eigenvalue weighted by Gasteiger charge is 2.12. The molecule has 3 rings (SSSR count). The molecule has 0 bridgehead atoms. The average molecular weight is 369 g/mol. The summed E-state index contributed by atoms with van der Waals surface area (Å²) in [5.74, 6) is 0.765. The summed E-state index contributed by atoms with van der Waals surface area (Å²) in [6.07, 6.45) is 1.33. The van der Waals surface area contributed by atoms with E-state index in [-0.39, 0.29) is 11.6 Å². The van der Waals surface area contributed by atoms with Gasteiger partial charge in [-0.3, -0.25) is 4.79 Å². The van der Waals surface area contributed by atoms with Gasteiger partial charge in [-0.25, -0.2) is 9.97 Å². The normalized spacial score (nSPS) is 10.2. The van der Waals surface area contributed by atoms with Gasteiger partial charge in [0.2, 0.25) is 0 Å². The largest absolute Gasteiger partial charge is 0.492 e. The Bertz CT molecular complexity index is 900. The van der Waals surface area contributed by atoms with Crippen molar-refractivity contribution in [2.24, 2.45) is 0 Å². The fraction of sp³-hybridized carbons (Fsp3) is 0.105. The smallest absolute Gasteiger partial charge is 0.274 e. The van der Waals surface area contributed by atoms with E-state index in [2.05, 4.69) is 20.6 Å². The molecule has 7 heteroatoms. The van der Waals surface area contributed by atoms with Crippen molar-refractivity contribution < 1.29 is 9.53 Å². The molecule has 3 aromatic rings. The summed E-state index contributed by atoms with van der Waals surface area (Å²) in [4.78, 5) is 20.7. The number of carbonyl (C=O) groups excluding carboxylic acids is 1. The number of anilines is 3. The van der Waals surface area contributed by atoms with E-state index in [0.717, 1.165) is 5.69 Å². The van der Waals surface area contributed by atoms with Crippen LogP contribution in [-0.2, 0) is 0 Å². The van der Waals surface area contributed by atoms with Crippen LogP contribution in [0, 0.1) is 0 Å². The molecule has 26 heavy (non-hydrogen) atoms. The predicted molar refractivity (Wildman–Crippen MR) is 102 cm³/mol. The van der Waals surface area contributed by atoms with E-state index in [1.807, 2.05) is 31.2 Å². The Balaban J connectivity index is 1.75. The van der Waals surface area contributed by atoms with E-state index < -0.39 is 0 Å². The fourth-order valence-electron chi connectivity index (χ4n) is 2.27. The number of halogens is 1. The molecule has 0 fully saturated rings. The maximum Gasteiger partial charge on any atom is 0.274 e. The van der Waals surface area contributed by atoms with Gasteiger partial charge in [-0.2, -0.15) is 0 Å². The fourth-order valence-corrected chi connectivity index (χ4v) is 2.39. The van der Waals surface area contributed by atoms with Crippen LogP contribution in [0.25, 0.3) is 0 Å². The zero-order valence-corrected chi connectivity index (χ0v) is 14.8. The number of hydrogen-bond donors (Lipinski definition) is 2. The second kappa shape index (κ2) is 8.31. The van der Waals surface area contributed by atoms with Gasteiger partial charge in [-0.1, -0.05) is 23.7 Å². The second-order valence-electron chi connectivity index (χ2n) is 5.30. The number of ether oxygens (including phenoxy) is 1. The lowest BCUT2D eigenvalue weighted by Crippen LogP contribution is -2.15. The molecule has 0 unspecified atom stereocenters. The predicted octanol–water partition coefficient (Wildman–Crippen LogP) is 4.52. The first-order valence-electron chi connectivity index (χ1n) is 8.03. The summed E-state index contributed by atoms with van der Waals surface area (Å²) in [5, 5.41) is 6.56. The van der Waals surface area contributed by atoms with E-state index in [9.17, 15) is 4.79 Å². The Morgan fingerprint density at radius 3 is 2.65 bits per heavy atom. The molecule has 1 aromatic heterocycles. The van der Waals surface area contributed by atoms with Crippen molar-refractivity contribution in [3.05, 3.63) is 71.6 Å². The Morgan fingerprint density at radius 2 is 1.88 bits per heavy atom. The van der Waals surface area contributed by atoms with Crippen molar-refractivity contribution in [3.63, 3.8) is 0 Å². The summed E-state index contributed by atoms with van der Waals surface area (Å²) < 4.78 is 5.52. The van der Waals surface area contributed by atoms with Crippen molar-refractivity contribution in [1.29, 1.82) is 0 Å². The lowest BCUT2D eigenvalue weighted by atomic mass is 10.2. The first-order valence-corrected chi connectivity index (χ1v) is 8.41. The van der Waals surface area contributed by atoms with Gasteiger partial charge in [-0.05, 0) is 43.3 Å². The number of carbonyl (C=O) groups is 1. The number of hydrogen-bond acceptors (Lipinski definition) is 5. The minimum atomic E-state index is -0.348. The monoisotopic (exact) mass is 368 g/mol. The second-order valence-corrected chi connectivity index (χ2v) is 5.74. The minimum absolute atomic E-state index is 0.239. The topological polar surface area (TPSA) is 76.1 Å². The van der Waals surface area contributed by atoms with E-state index in [1.54, 1.807) is 30.3 Å². The molecule has 0 atom stereocenters. The van der Waals surface area contributed by atoms with Crippen LogP contribution in [0.4, 0.5) is 17.2 Å². The highest BCUT2D eigenvalue weighted by atomic mass is 35.5. The van der Waals surface area contributed by atoms with Crippen LogP contribution in [-0.4, -0.2) is 22.5 Å². The van der Waals surface area contributed by atoms with Gasteiger partial charge in [0.15, 0.2) is 0 Å². The molecule has 0 saturated carbocycles. The van der Waals surface area contributed by atoms with Gasteiger partial charge < -0.3 is 15.4 Å². The first-order chi connectivity index (χ1) is 12.7.